The summed E-state index contributed by atoms with van der Waals surface area (Å²) < 4.78 is 5.22. The summed E-state index contributed by atoms with van der Waals surface area (Å²) in [5, 5.41) is 9.26. The maximum atomic E-state index is 12.3. The van der Waals surface area contributed by atoms with Crippen molar-refractivity contribution < 1.29 is 9.53 Å². The molecule has 2 rings (SSSR count). The number of benzene rings is 1. The smallest absolute Gasteiger partial charge is 0.180 e. The number of allylic oxidation sites excluding steroid dienone is 1. The molecule has 0 aromatic heterocycles. The van der Waals surface area contributed by atoms with E-state index in [1.807, 2.05) is 49.9 Å². The van der Waals surface area contributed by atoms with Crippen LogP contribution < -0.4 is 9.64 Å². The van der Waals surface area contributed by atoms with Crippen molar-refractivity contribution >= 4 is 11.5 Å². The standard InChI is InChI=1S/C17H20N2O2/c1-17(2,3)16(20)13(10-18)11-19-8-7-12-9-14(21-4)5-6-15(12)19/h5-6,9,11H,7-8H2,1-4H3/b13-11+. The Labute approximate surface area is 125 Å². The molecule has 1 aromatic rings. The Bertz CT molecular complexity index is 633. The number of Topliss-reactive ketones (excluding diaryl/α,β-unsaturated/α-hetero) is 1. The van der Waals surface area contributed by atoms with Gasteiger partial charge in [-0.2, -0.15) is 5.26 Å². The second kappa shape index (κ2) is 5.61. The average Bonchev–Trinajstić information content (AvgIpc) is 2.85. The minimum atomic E-state index is -0.552. The van der Waals surface area contributed by atoms with E-state index in [1.165, 1.54) is 5.56 Å². The van der Waals surface area contributed by atoms with Gasteiger partial charge < -0.3 is 9.64 Å². The number of nitrogens with zero attached hydrogens (tertiary/aromatic N) is 2. The van der Waals surface area contributed by atoms with Gasteiger partial charge in [-0.25, -0.2) is 0 Å². The van der Waals surface area contributed by atoms with E-state index >= 15 is 0 Å². The lowest BCUT2D eigenvalue weighted by molar-refractivity contribution is -0.122. The van der Waals surface area contributed by atoms with Crippen molar-refractivity contribution in [1.29, 1.82) is 5.26 Å². The molecule has 1 aliphatic heterocycles. The molecule has 0 aliphatic carbocycles. The molecule has 0 amide bonds. The van der Waals surface area contributed by atoms with E-state index in [1.54, 1.807) is 13.3 Å². The van der Waals surface area contributed by atoms with Crippen molar-refractivity contribution in [2.45, 2.75) is 27.2 Å². The van der Waals surface area contributed by atoms with Crippen LogP contribution in [0, 0.1) is 16.7 Å². The molecule has 1 heterocycles. The Morgan fingerprint density at radius 2 is 2.14 bits per heavy atom. The van der Waals surface area contributed by atoms with Crippen LogP contribution in [0.3, 0.4) is 0 Å². The summed E-state index contributed by atoms with van der Waals surface area (Å²) in [4.78, 5) is 14.2. The van der Waals surface area contributed by atoms with Crippen molar-refractivity contribution in [1.82, 2.24) is 0 Å². The lowest BCUT2D eigenvalue weighted by atomic mass is 9.87. The molecule has 1 aromatic carbocycles. The van der Waals surface area contributed by atoms with Gasteiger partial charge in [0.15, 0.2) is 5.78 Å². The van der Waals surface area contributed by atoms with E-state index in [0.29, 0.717) is 0 Å². The number of nitriles is 1. The normalized spacial score (nSPS) is 14.6. The summed E-state index contributed by atoms with van der Waals surface area (Å²) in [6, 6.07) is 7.89. The quantitative estimate of drug-likeness (QED) is 0.632. The fraction of sp³-hybridized carbons (Fsp3) is 0.412. The first kappa shape index (κ1) is 15.1. The van der Waals surface area contributed by atoms with Crippen molar-refractivity contribution in [2.24, 2.45) is 5.41 Å². The molecule has 0 radical (unpaired) electrons. The van der Waals surface area contributed by atoms with Crippen LogP contribution >= 0.6 is 0 Å². The van der Waals surface area contributed by atoms with Gasteiger partial charge in [-0.1, -0.05) is 20.8 Å². The van der Waals surface area contributed by atoms with Gasteiger partial charge in [0.25, 0.3) is 0 Å². The average molecular weight is 284 g/mol. The Morgan fingerprint density at radius 3 is 2.71 bits per heavy atom. The van der Waals surface area contributed by atoms with Crippen molar-refractivity contribution in [2.75, 3.05) is 18.6 Å². The lowest BCUT2D eigenvalue weighted by Gasteiger charge is -2.19. The highest BCUT2D eigenvalue weighted by atomic mass is 16.5. The van der Waals surface area contributed by atoms with Gasteiger partial charge in [0.05, 0.1) is 7.11 Å². The highest BCUT2D eigenvalue weighted by Gasteiger charge is 2.27. The number of ether oxygens (including phenoxy) is 1. The van der Waals surface area contributed by atoms with E-state index in [2.05, 4.69) is 0 Å². The van der Waals surface area contributed by atoms with Crippen LogP contribution in [0.15, 0.2) is 30.0 Å². The van der Waals surface area contributed by atoms with E-state index in [9.17, 15) is 10.1 Å². The zero-order valence-corrected chi connectivity index (χ0v) is 12.9. The summed E-state index contributed by atoms with van der Waals surface area (Å²) in [5.74, 6) is 0.692. The number of carbonyl (C=O) groups excluding carboxylic acids is 1. The Hall–Kier alpha value is -2.28. The Morgan fingerprint density at radius 1 is 1.43 bits per heavy atom. The minimum Gasteiger partial charge on any atom is -0.497 e. The third-order valence-electron chi connectivity index (χ3n) is 3.55. The second-order valence-electron chi connectivity index (χ2n) is 6.17. The van der Waals surface area contributed by atoms with E-state index in [4.69, 9.17) is 4.74 Å². The highest BCUT2D eigenvalue weighted by molar-refractivity contribution is 6.02. The number of methoxy groups -OCH3 is 1. The molecule has 110 valence electrons. The molecular weight excluding hydrogens is 264 g/mol. The zero-order valence-electron chi connectivity index (χ0n) is 12.9. The van der Waals surface area contributed by atoms with Crippen molar-refractivity contribution in [3.8, 4) is 11.8 Å². The largest absolute Gasteiger partial charge is 0.497 e. The van der Waals surface area contributed by atoms with Crippen LogP contribution in [-0.2, 0) is 11.2 Å². The SMILES string of the molecule is COc1ccc2c(c1)CCN2/C=C(\C#N)C(=O)C(C)(C)C. The number of anilines is 1. The molecule has 4 nitrogen and oxygen atoms in total. The molecule has 0 unspecified atom stereocenters. The fourth-order valence-electron chi connectivity index (χ4n) is 2.36. The Balaban J connectivity index is 2.32. The van der Waals surface area contributed by atoms with Crippen LogP contribution in [0.25, 0.3) is 0 Å². The maximum Gasteiger partial charge on any atom is 0.180 e. The van der Waals surface area contributed by atoms with Gasteiger partial charge >= 0.3 is 0 Å². The first-order valence-corrected chi connectivity index (χ1v) is 6.97. The molecule has 1 aliphatic rings. The summed E-state index contributed by atoms with van der Waals surface area (Å²) >= 11 is 0. The Kier molecular flexibility index (Phi) is 4.04. The monoisotopic (exact) mass is 284 g/mol. The molecule has 0 saturated carbocycles. The molecule has 0 spiro atoms. The third-order valence-corrected chi connectivity index (χ3v) is 3.55. The molecule has 0 bridgehead atoms. The van der Waals surface area contributed by atoms with E-state index in [-0.39, 0.29) is 11.4 Å². The van der Waals surface area contributed by atoms with Gasteiger partial charge in [0, 0.05) is 23.8 Å². The number of carbonyl (C=O) groups is 1. The van der Waals surface area contributed by atoms with Crippen LogP contribution in [-0.4, -0.2) is 19.4 Å². The maximum absolute atomic E-state index is 12.3. The number of ketones is 1. The summed E-state index contributed by atoms with van der Waals surface area (Å²) in [6.07, 6.45) is 2.55. The van der Waals surface area contributed by atoms with Crippen LogP contribution in [0.4, 0.5) is 5.69 Å². The molecule has 0 fully saturated rings. The first-order valence-electron chi connectivity index (χ1n) is 6.97. The van der Waals surface area contributed by atoms with Crippen LogP contribution in [0.2, 0.25) is 0 Å². The van der Waals surface area contributed by atoms with E-state index < -0.39 is 5.41 Å². The van der Waals surface area contributed by atoms with Crippen LogP contribution in [0.5, 0.6) is 5.75 Å². The van der Waals surface area contributed by atoms with Crippen molar-refractivity contribution in [3.63, 3.8) is 0 Å². The molecular formula is C17H20N2O2. The predicted molar refractivity (Wildman–Crippen MR) is 82.2 cm³/mol. The van der Waals surface area contributed by atoms with Gasteiger partial charge in [-0.05, 0) is 30.2 Å². The molecule has 4 heteroatoms. The second-order valence-corrected chi connectivity index (χ2v) is 6.17. The van der Waals surface area contributed by atoms with Gasteiger partial charge in [0.2, 0.25) is 0 Å². The lowest BCUT2D eigenvalue weighted by Crippen LogP contribution is -2.24. The van der Waals surface area contributed by atoms with Gasteiger partial charge in [-0.3, -0.25) is 4.79 Å². The van der Waals surface area contributed by atoms with Gasteiger partial charge in [-0.15, -0.1) is 0 Å². The van der Waals surface area contributed by atoms with Crippen LogP contribution in [0.1, 0.15) is 26.3 Å². The highest BCUT2D eigenvalue weighted by Crippen LogP contribution is 2.32. The molecule has 0 atom stereocenters. The van der Waals surface area contributed by atoms with Crippen molar-refractivity contribution in [3.05, 3.63) is 35.5 Å². The third kappa shape index (κ3) is 3.08. The van der Waals surface area contributed by atoms with Gasteiger partial charge in [0.1, 0.15) is 17.4 Å². The summed E-state index contributed by atoms with van der Waals surface area (Å²) in [5.41, 5.74) is 1.85. The van der Waals surface area contributed by atoms with E-state index in [0.717, 1.165) is 24.4 Å². The molecule has 0 saturated heterocycles. The fourth-order valence-corrected chi connectivity index (χ4v) is 2.36. The summed E-state index contributed by atoms with van der Waals surface area (Å²) in [6.45, 7) is 6.24. The minimum absolute atomic E-state index is 0.132. The number of hydrogen-bond donors (Lipinski definition) is 0. The summed E-state index contributed by atoms with van der Waals surface area (Å²) in [7, 11) is 1.64. The number of fused-ring (bicyclic) bond motifs is 1. The topological polar surface area (TPSA) is 53.3 Å². The predicted octanol–water partition coefficient (Wildman–Crippen LogP) is 3.08. The molecule has 0 N–H and O–H groups in total. The number of hydrogen-bond acceptors (Lipinski definition) is 4. The zero-order chi connectivity index (χ0) is 15.6. The first-order chi connectivity index (χ1) is 9.86. The number of rotatable bonds is 3. The molecule has 21 heavy (non-hydrogen) atoms.